The van der Waals surface area contributed by atoms with Crippen LogP contribution in [0, 0.1) is 0 Å². The third-order valence-electron chi connectivity index (χ3n) is 4.37. The van der Waals surface area contributed by atoms with E-state index in [0.717, 1.165) is 35.1 Å². The number of nitrogens with zero attached hydrogens (tertiary/aromatic N) is 3. The van der Waals surface area contributed by atoms with Crippen LogP contribution >= 0.6 is 0 Å². The number of hydrogen-bond acceptors (Lipinski definition) is 6. The minimum atomic E-state index is 0.446. The first-order chi connectivity index (χ1) is 14.6. The summed E-state index contributed by atoms with van der Waals surface area (Å²) in [6.07, 6.45) is 1.71. The van der Waals surface area contributed by atoms with Crippen LogP contribution in [0.4, 0.5) is 0 Å². The molecule has 2 rings (SSSR count). The third kappa shape index (κ3) is 6.81. The predicted molar refractivity (Wildman–Crippen MR) is 117 cm³/mol. The average Bonchev–Trinajstić information content (AvgIpc) is 2.77. The van der Waals surface area contributed by atoms with Crippen LogP contribution < -0.4 is 19.5 Å². The van der Waals surface area contributed by atoms with Gasteiger partial charge in [0.15, 0.2) is 5.96 Å². The summed E-state index contributed by atoms with van der Waals surface area (Å²) < 4.78 is 21.5. The molecule has 164 valence electrons. The van der Waals surface area contributed by atoms with Crippen LogP contribution in [0.15, 0.2) is 41.5 Å². The van der Waals surface area contributed by atoms with Crippen LogP contribution in [0.5, 0.6) is 17.4 Å². The Morgan fingerprint density at radius 3 is 2.63 bits per heavy atom. The average molecular weight is 417 g/mol. The molecular weight excluding hydrogens is 384 g/mol. The lowest BCUT2D eigenvalue weighted by atomic mass is 10.2. The van der Waals surface area contributed by atoms with Crippen molar-refractivity contribution in [2.45, 2.75) is 20.0 Å². The number of hydrogen-bond donors (Lipinski definition) is 1. The first-order valence-electron chi connectivity index (χ1n) is 9.88. The number of guanidine groups is 1. The van der Waals surface area contributed by atoms with Gasteiger partial charge in [-0.25, -0.2) is 9.98 Å². The molecule has 1 aromatic carbocycles. The summed E-state index contributed by atoms with van der Waals surface area (Å²) in [5.74, 6) is 2.89. The zero-order valence-electron chi connectivity index (χ0n) is 18.5. The Balaban J connectivity index is 2.14. The maximum absolute atomic E-state index is 5.71. The summed E-state index contributed by atoms with van der Waals surface area (Å²) in [6.45, 7) is 4.83. The molecule has 0 spiro atoms. The summed E-state index contributed by atoms with van der Waals surface area (Å²) in [6, 6.07) is 9.66. The number of pyridine rings is 1. The van der Waals surface area contributed by atoms with Gasteiger partial charge in [0.2, 0.25) is 5.88 Å². The van der Waals surface area contributed by atoms with Crippen molar-refractivity contribution in [3.05, 3.63) is 47.7 Å². The molecule has 1 heterocycles. The lowest BCUT2D eigenvalue weighted by Crippen LogP contribution is -2.38. The van der Waals surface area contributed by atoms with Gasteiger partial charge in [-0.3, -0.25) is 0 Å². The number of nitrogens with one attached hydrogen (secondary N) is 1. The van der Waals surface area contributed by atoms with Crippen molar-refractivity contribution in [1.29, 1.82) is 0 Å². The smallest absolute Gasteiger partial charge is 0.218 e. The molecule has 30 heavy (non-hydrogen) atoms. The topological polar surface area (TPSA) is 77.4 Å². The number of benzene rings is 1. The molecule has 8 heteroatoms. The van der Waals surface area contributed by atoms with Crippen LogP contribution in [0.25, 0.3) is 0 Å². The summed E-state index contributed by atoms with van der Waals surface area (Å²) >= 11 is 0. The van der Waals surface area contributed by atoms with Crippen molar-refractivity contribution in [3.63, 3.8) is 0 Å². The second-order valence-corrected chi connectivity index (χ2v) is 6.51. The molecule has 0 radical (unpaired) electrons. The quantitative estimate of drug-likeness (QED) is 0.343. The lowest BCUT2D eigenvalue weighted by molar-refractivity contribution is 0.143. The molecule has 0 atom stereocenters. The molecule has 1 aromatic heterocycles. The van der Waals surface area contributed by atoms with Gasteiger partial charge in [0, 0.05) is 50.6 Å². The third-order valence-corrected chi connectivity index (χ3v) is 4.37. The van der Waals surface area contributed by atoms with Crippen LogP contribution in [-0.4, -0.2) is 64.0 Å². The largest absolute Gasteiger partial charge is 0.497 e. The van der Waals surface area contributed by atoms with Gasteiger partial charge >= 0.3 is 0 Å². The van der Waals surface area contributed by atoms with Crippen molar-refractivity contribution >= 4 is 5.96 Å². The highest BCUT2D eigenvalue weighted by molar-refractivity contribution is 5.79. The molecule has 0 bridgehead atoms. The molecule has 8 nitrogen and oxygen atoms in total. The number of ether oxygens (including phenoxy) is 4. The Bertz CT molecular complexity index is 813. The normalized spacial score (nSPS) is 11.2. The Labute approximate surface area is 178 Å². The van der Waals surface area contributed by atoms with E-state index in [2.05, 4.69) is 15.2 Å². The second-order valence-electron chi connectivity index (χ2n) is 6.51. The van der Waals surface area contributed by atoms with Gasteiger partial charge in [-0.1, -0.05) is 6.07 Å². The van der Waals surface area contributed by atoms with E-state index in [0.29, 0.717) is 32.2 Å². The van der Waals surface area contributed by atoms with E-state index in [1.807, 2.05) is 44.3 Å². The predicted octanol–water partition coefficient (Wildman–Crippen LogP) is 2.72. The molecular formula is C22H32N4O4. The minimum Gasteiger partial charge on any atom is -0.497 e. The fourth-order valence-corrected chi connectivity index (χ4v) is 2.84. The van der Waals surface area contributed by atoms with Crippen molar-refractivity contribution in [3.8, 4) is 17.4 Å². The van der Waals surface area contributed by atoms with Crippen molar-refractivity contribution in [2.75, 3.05) is 48.1 Å². The van der Waals surface area contributed by atoms with Crippen molar-refractivity contribution in [2.24, 2.45) is 4.99 Å². The number of aromatic nitrogens is 1. The van der Waals surface area contributed by atoms with Crippen LogP contribution in [0.2, 0.25) is 0 Å². The fraction of sp³-hybridized carbons (Fsp3) is 0.455. The second kappa shape index (κ2) is 12.5. The molecule has 1 N–H and O–H groups in total. The van der Waals surface area contributed by atoms with Gasteiger partial charge in [0.05, 0.1) is 27.4 Å². The van der Waals surface area contributed by atoms with Gasteiger partial charge in [-0.2, -0.15) is 0 Å². The fourth-order valence-electron chi connectivity index (χ4n) is 2.84. The highest BCUT2D eigenvalue weighted by Crippen LogP contribution is 2.25. The number of aliphatic imine (C=N–C) groups is 1. The van der Waals surface area contributed by atoms with Crippen LogP contribution in [0.3, 0.4) is 0 Å². The zero-order chi connectivity index (χ0) is 21.8. The van der Waals surface area contributed by atoms with E-state index in [4.69, 9.17) is 23.9 Å². The zero-order valence-corrected chi connectivity index (χ0v) is 18.5. The van der Waals surface area contributed by atoms with Crippen LogP contribution in [0.1, 0.15) is 18.1 Å². The summed E-state index contributed by atoms with van der Waals surface area (Å²) in [5.41, 5.74) is 1.95. The molecule has 0 fully saturated rings. The van der Waals surface area contributed by atoms with Crippen LogP contribution in [-0.2, 0) is 17.8 Å². The maximum atomic E-state index is 5.71. The van der Waals surface area contributed by atoms with Gasteiger partial charge in [0.25, 0.3) is 0 Å². The van der Waals surface area contributed by atoms with E-state index >= 15 is 0 Å². The van der Waals surface area contributed by atoms with Gasteiger partial charge in [0.1, 0.15) is 18.1 Å². The minimum absolute atomic E-state index is 0.446. The Kier molecular flexibility index (Phi) is 9.73. The number of rotatable bonds is 11. The molecule has 0 amide bonds. The Morgan fingerprint density at radius 2 is 1.93 bits per heavy atom. The summed E-state index contributed by atoms with van der Waals surface area (Å²) in [4.78, 5) is 11.1. The summed E-state index contributed by atoms with van der Waals surface area (Å²) in [7, 11) is 6.93. The van der Waals surface area contributed by atoms with Gasteiger partial charge < -0.3 is 29.2 Å². The van der Waals surface area contributed by atoms with E-state index in [1.165, 1.54) is 0 Å². The van der Waals surface area contributed by atoms with Crippen molar-refractivity contribution < 1.29 is 18.9 Å². The molecule has 0 aliphatic carbocycles. The Hall–Kier alpha value is -3.00. The Morgan fingerprint density at radius 1 is 1.10 bits per heavy atom. The van der Waals surface area contributed by atoms with E-state index < -0.39 is 0 Å². The van der Waals surface area contributed by atoms with E-state index in [1.54, 1.807) is 27.5 Å². The first-order valence-corrected chi connectivity index (χ1v) is 9.88. The SMILES string of the molecule is CCNC(=NCc1cccnc1OCCOC)N(C)Cc1ccc(OC)cc1OC. The number of methoxy groups -OCH3 is 3. The molecule has 0 saturated heterocycles. The molecule has 0 unspecified atom stereocenters. The molecule has 0 aliphatic heterocycles. The molecule has 0 saturated carbocycles. The highest BCUT2D eigenvalue weighted by atomic mass is 16.5. The van der Waals surface area contributed by atoms with E-state index in [-0.39, 0.29) is 0 Å². The first kappa shape index (κ1) is 23.3. The van der Waals surface area contributed by atoms with Gasteiger partial charge in [-0.15, -0.1) is 0 Å². The standard InChI is InChI=1S/C22H32N4O4/c1-6-23-22(25-15-17-8-7-11-24-21(17)30-13-12-27-3)26(2)16-18-9-10-19(28-4)14-20(18)29-5/h7-11,14H,6,12-13,15-16H2,1-5H3,(H,23,25). The summed E-state index contributed by atoms with van der Waals surface area (Å²) in [5, 5.41) is 3.33. The lowest BCUT2D eigenvalue weighted by Gasteiger charge is -2.23. The highest BCUT2D eigenvalue weighted by Gasteiger charge is 2.12. The maximum Gasteiger partial charge on any atom is 0.218 e. The van der Waals surface area contributed by atoms with Gasteiger partial charge in [-0.05, 0) is 25.1 Å². The molecule has 2 aromatic rings. The van der Waals surface area contributed by atoms with E-state index in [9.17, 15) is 0 Å². The monoisotopic (exact) mass is 416 g/mol. The molecule has 0 aliphatic rings. The van der Waals surface area contributed by atoms with Crippen molar-refractivity contribution in [1.82, 2.24) is 15.2 Å².